The zero-order valence-corrected chi connectivity index (χ0v) is 9.80. The molecular weight excluding hydrogens is 188 g/mol. The van der Waals surface area contributed by atoms with Crippen molar-refractivity contribution in [3.63, 3.8) is 0 Å². The number of hydrogen-bond acceptors (Lipinski definition) is 2. The van der Waals surface area contributed by atoms with Gasteiger partial charge in [-0.15, -0.1) is 0 Å². The third-order valence-electron chi connectivity index (χ3n) is 3.17. The third-order valence-corrected chi connectivity index (χ3v) is 3.17. The minimum atomic E-state index is 0.185. The highest BCUT2D eigenvalue weighted by molar-refractivity contribution is 5.76. The van der Waals surface area contributed by atoms with E-state index in [-0.39, 0.29) is 18.0 Å². The summed E-state index contributed by atoms with van der Waals surface area (Å²) in [7, 11) is 0. The summed E-state index contributed by atoms with van der Waals surface area (Å²) < 4.78 is 0. The highest BCUT2D eigenvalue weighted by atomic mass is 16.1. The van der Waals surface area contributed by atoms with Crippen molar-refractivity contribution in [1.82, 2.24) is 5.32 Å². The summed E-state index contributed by atoms with van der Waals surface area (Å²) in [6.45, 7) is 2.18. The first-order valence-corrected chi connectivity index (χ1v) is 6.29. The van der Waals surface area contributed by atoms with Crippen LogP contribution in [0.15, 0.2) is 0 Å². The maximum absolute atomic E-state index is 11.5. The first-order valence-electron chi connectivity index (χ1n) is 6.29. The number of carbonyl (C=O) groups is 1. The lowest BCUT2D eigenvalue weighted by atomic mass is 10.1. The molecule has 0 heterocycles. The Morgan fingerprint density at radius 1 is 1.33 bits per heavy atom. The monoisotopic (exact) mass is 212 g/mol. The van der Waals surface area contributed by atoms with Crippen molar-refractivity contribution in [3.05, 3.63) is 0 Å². The minimum Gasteiger partial charge on any atom is -0.352 e. The van der Waals surface area contributed by atoms with Gasteiger partial charge in [-0.05, 0) is 25.7 Å². The average molecular weight is 212 g/mol. The molecule has 3 N–H and O–H groups in total. The summed E-state index contributed by atoms with van der Waals surface area (Å²) in [4.78, 5) is 11.5. The van der Waals surface area contributed by atoms with E-state index < -0.39 is 0 Å². The molecule has 1 aliphatic carbocycles. The van der Waals surface area contributed by atoms with Crippen LogP contribution < -0.4 is 11.1 Å². The molecule has 15 heavy (non-hydrogen) atoms. The standard InChI is InChI=1S/C12H24N2O/c1-2-3-4-5-9-12(15)14-11-8-6-7-10(11)13/h10-11H,2-9,13H2,1H3,(H,14,15). The van der Waals surface area contributed by atoms with E-state index >= 15 is 0 Å². The summed E-state index contributed by atoms with van der Waals surface area (Å²) >= 11 is 0. The van der Waals surface area contributed by atoms with Crippen LogP contribution in [0, 0.1) is 0 Å². The van der Waals surface area contributed by atoms with Gasteiger partial charge in [-0.3, -0.25) is 4.79 Å². The van der Waals surface area contributed by atoms with Gasteiger partial charge in [0.1, 0.15) is 0 Å². The first kappa shape index (κ1) is 12.5. The quantitative estimate of drug-likeness (QED) is 0.661. The SMILES string of the molecule is CCCCCCC(=O)NC1CCCC1N. The Morgan fingerprint density at radius 2 is 2.13 bits per heavy atom. The maximum atomic E-state index is 11.5. The first-order chi connectivity index (χ1) is 7.24. The van der Waals surface area contributed by atoms with E-state index in [4.69, 9.17) is 5.73 Å². The molecule has 0 aliphatic heterocycles. The van der Waals surface area contributed by atoms with Crippen molar-refractivity contribution in [2.24, 2.45) is 5.73 Å². The largest absolute Gasteiger partial charge is 0.352 e. The van der Waals surface area contributed by atoms with Crippen molar-refractivity contribution in [1.29, 1.82) is 0 Å². The van der Waals surface area contributed by atoms with Crippen LogP contribution in [0.5, 0.6) is 0 Å². The van der Waals surface area contributed by atoms with Crippen LogP contribution in [0.2, 0.25) is 0 Å². The molecule has 1 rings (SSSR count). The van der Waals surface area contributed by atoms with Crippen molar-refractivity contribution in [3.8, 4) is 0 Å². The van der Waals surface area contributed by atoms with Crippen LogP contribution in [0.3, 0.4) is 0 Å². The predicted octanol–water partition coefficient (Wildman–Crippen LogP) is 1.95. The molecule has 3 heteroatoms. The molecule has 0 bridgehead atoms. The average Bonchev–Trinajstić information content (AvgIpc) is 2.59. The predicted molar refractivity (Wildman–Crippen MR) is 62.5 cm³/mol. The lowest BCUT2D eigenvalue weighted by molar-refractivity contribution is -0.122. The van der Waals surface area contributed by atoms with Gasteiger partial charge in [0.15, 0.2) is 0 Å². The number of hydrogen-bond donors (Lipinski definition) is 2. The molecular formula is C12H24N2O. The molecule has 0 radical (unpaired) electrons. The van der Waals surface area contributed by atoms with Gasteiger partial charge in [0, 0.05) is 18.5 Å². The second-order valence-corrected chi connectivity index (χ2v) is 4.58. The highest BCUT2D eigenvalue weighted by Gasteiger charge is 2.24. The van der Waals surface area contributed by atoms with Crippen molar-refractivity contribution in [2.75, 3.05) is 0 Å². The molecule has 1 saturated carbocycles. The van der Waals surface area contributed by atoms with Crippen molar-refractivity contribution in [2.45, 2.75) is 70.4 Å². The zero-order chi connectivity index (χ0) is 11.1. The molecule has 2 atom stereocenters. The Labute approximate surface area is 92.8 Å². The van der Waals surface area contributed by atoms with E-state index in [1.54, 1.807) is 0 Å². The fourth-order valence-electron chi connectivity index (χ4n) is 2.16. The van der Waals surface area contributed by atoms with E-state index in [1.165, 1.54) is 19.3 Å². The Hall–Kier alpha value is -0.570. The summed E-state index contributed by atoms with van der Waals surface area (Å²) in [6.07, 6.45) is 8.57. The molecule has 3 nitrogen and oxygen atoms in total. The molecule has 2 unspecified atom stereocenters. The molecule has 0 spiro atoms. The fourth-order valence-corrected chi connectivity index (χ4v) is 2.16. The molecule has 1 fully saturated rings. The van der Waals surface area contributed by atoms with Crippen molar-refractivity contribution < 1.29 is 4.79 Å². The van der Waals surface area contributed by atoms with E-state index in [0.717, 1.165) is 25.7 Å². The number of carbonyl (C=O) groups excluding carboxylic acids is 1. The number of rotatable bonds is 6. The lowest BCUT2D eigenvalue weighted by Gasteiger charge is -2.17. The molecule has 0 aromatic carbocycles. The highest BCUT2D eigenvalue weighted by Crippen LogP contribution is 2.17. The topological polar surface area (TPSA) is 55.1 Å². The van der Waals surface area contributed by atoms with Crippen LogP contribution in [-0.4, -0.2) is 18.0 Å². The summed E-state index contributed by atoms with van der Waals surface area (Å²) in [5, 5.41) is 3.04. The Kier molecular flexibility index (Phi) is 5.69. The van der Waals surface area contributed by atoms with E-state index in [0.29, 0.717) is 6.42 Å². The van der Waals surface area contributed by atoms with E-state index in [2.05, 4.69) is 12.2 Å². The maximum Gasteiger partial charge on any atom is 0.220 e. The fraction of sp³-hybridized carbons (Fsp3) is 0.917. The van der Waals surface area contributed by atoms with Crippen LogP contribution >= 0.6 is 0 Å². The molecule has 0 aromatic heterocycles. The van der Waals surface area contributed by atoms with Gasteiger partial charge in [0.05, 0.1) is 0 Å². The molecule has 0 saturated heterocycles. The van der Waals surface area contributed by atoms with Gasteiger partial charge in [0.25, 0.3) is 0 Å². The van der Waals surface area contributed by atoms with Gasteiger partial charge < -0.3 is 11.1 Å². The lowest BCUT2D eigenvalue weighted by Crippen LogP contribution is -2.43. The van der Waals surface area contributed by atoms with E-state index in [9.17, 15) is 4.79 Å². The Balaban J connectivity index is 2.07. The van der Waals surface area contributed by atoms with Crippen LogP contribution in [-0.2, 0) is 4.79 Å². The zero-order valence-electron chi connectivity index (χ0n) is 9.80. The number of nitrogens with two attached hydrogens (primary N) is 1. The molecule has 88 valence electrons. The number of unbranched alkanes of at least 4 members (excludes halogenated alkanes) is 3. The summed E-state index contributed by atoms with van der Waals surface area (Å²) in [5.41, 5.74) is 5.89. The van der Waals surface area contributed by atoms with Gasteiger partial charge in [-0.2, -0.15) is 0 Å². The number of nitrogens with one attached hydrogen (secondary N) is 1. The smallest absolute Gasteiger partial charge is 0.220 e. The van der Waals surface area contributed by atoms with Crippen molar-refractivity contribution >= 4 is 5.91 Å². The second-order valence-electron chi connectivity index (χ2n) is 4.58. The molecule has 1 amide bonds. The Bertz CT molecular complexity index is 194. The number of amides is 1. The summed E-state index contributed by atoms with van der Waals surface area (Å²) in [5.74, 6) is 0.188. The van der Waals surface area contributed by atoms with Crippen LogP contribution in [0.4, 0.5) is 0 Å². The van der Waals surface area contributed by atoms with Gasteiger partial charge >= 0.3 is 0 Å². The minimum absolute atomic E-state index is 0.185. The van der Waals surface area contributed by atoms with Gasteiger partial charge in [-0.1, -0.05) is 26.2 Å². The molecule has 1 aliphatic rings. The Morgan fingerprint density at radius 3 is 2.73 bits per heavy atom. The van der Waals surface area contributed by atoms with Gasteiger partial charge in [-0.25, -0.2) is 0 Å². The van der Waals surface area contributed by atoms with Gasteiger partial charge in [0.2, 0.25) is 5.91 Å². The van der Waals surface area contributed by atoms with E-state index in [1.807, 2.05) is 0 Å². The summed E-state index contributed by atoms with van der Waals surface area (Å²) in [6, 6.07) is 0.424. The third kappa shape index (κ3) is 4.65. The molecule has 0 aromatic rings. The van der Waals surface area contributed by atoms with Crippen LogP contribution in [0.25, 0.3) is 0 Å². The second kappa shape index (κ2) is 6.83. The van der Waals surface area contributed by atoms with Crippen LogP contribution in [0.1, 0.15) is 58.3 Å². The normalized spacial score (nSPS) is 25.5.